The van der Waals surface area contributed by atoms with E-state index in [4.69, 9.17) is 5.11 Å². The lowest BCUT2D eigenvalue weighted by Gasteiger charge is -2.07. The molecule has 3 rings (SSSR count). The van der Waals surface area contributed by atoms with Crippen LogP contribution in [0.3, 0.4) is 0 Å². The van der Waals surface area contributed by atoms with E-state index in [2.05, 4.69) is 11.9 Å². The summed E-state index contributed by atoms with van der Waals surface area (Å²) in [5.41, 5.74) is 1.07. The van der Waals surface area contributed by atoms with Crippen molar-refractivity contribution in [2.24, 2.45) is 11.8 Å². The van der Waals surface area contributed by atoms with Gasteiger partial charge in [0, 0.05) is 6.54 Å². The summed E-state index contributed by atoms with van der Waals surface area (Å²) >= 11 is 1.15. The zero-order valence-electron chi connectivity index (χ0n) is 11.0. The van der Waals surface area contributed by atoms with Crippen LogP contribution in [0.4, 0.5) is 4.39 Å². The molecular weight excluding hydrogens is 279 g/mol. The van der Waals surface area contributed by atoms with E-state index in [-0.39, 0.29) is 11.6 Å². The summed E-state index contributed by atoms with van der Waals surface area (Å²) in [6, 6.07) is 4.88. The molecule has 1 saturated carbocycles. The molecule has 1 aromatic carbocycles. The summed E-state index contributed by atoms with van der Waals surface area (Å²) in [4.78, 5) is 15.0. The second kappa shape index (κ2) is 5.09. The van der Waals surface area contributed by atoms with Crippen LogP contribution < -0.4 is 0 Å². The van der Waals surface area contributed by atoms with E-state index in [0.29, 0.717) is 22.5 Å². The molecule has 0 saturated heterocycles. The third-order valence-corrected chi connectivity index (χ3v) is 4.67. The van der Waals surface area contributed by atoms with Gasteiger partial charge in [-0.3, -0.25) is 4.79 Å². The van der Waals surface area contributed by atoms with Crippen LogP contribution in [0.25, 0.3) is 11.0 Å². The van der Waals surface area contributed by atoms with Gasteiger partial charge in [0.15, 0.2) is 11.0 Å². The van der Waals surface area contributed by atoms with E-state index < -0.39 is 5.97 Å². The molecule has 1 N–H and O–H groups in total. The topological polar surface area (TPSA) is 55.1 Å². The number of aliphatic carboxylic acids is 1. The molecule has 20 heavy (non-hydrogen) atoms. The fraction of sp³-hybridized carbons (Fsp3) is 0.429. The van der Waals surface area contributed by atoms with E-state index >= 15 is 0 Å². The average Bonchev–Trinajstić information content (AvgIpc) is 2.96. The predicted octanol–water partition coefficient (Wildman–Crippen LogP) is 3.01. The van der Waals surface area contributed by atoms with Gasteiger partial charge in [0.05, 0.1) is 11.3 Å². The molecule has 1 fully saturated rings. The van der Waals surface area contributed by atoms with Gasteiger partial charge in [0.1, 0.15) is 5.52 Å². The number of hydrogen-bond donors (Lipinski definition) is 1. The Labute approximate surface area is 120 Å². The number of thioether (sulfide) groups is 1. The van der Waals surface area contributed by atoms with Crippen LogP contribution in [-0.2, 0) is 11.3 Å². The monoisotopic (exact) mass is 294 g/mol. The number of aromatic nitrogens is 2. The number of carboxylic acids is 1. The van der Waals surface area contributed by atoms with Crippen LogP contribution in [0, 0.1) is 17.7 Å². The lowest BCUT2D eigenvalue weighted by atomic mass is 10.3. The maximum Gasteiger partial charge on any atom is 0.313 e. The first kappa shape index (κ1) is 13.4. The second-order valence-electron chi connectivity index (χ2n) is 5.27. The molecular formula is C14H15FN2O2S. The van der Waals surface area contributed by atoms with Gasteiger partial charge in [-0.15, -0.1) is 0 Å². The molecule has 0 bridgehead atoms. The molecule has 4 nitrogen and oxygen atoms in total. The van der Waals surface area contributed by atoms with Gasteiger partial charge < -0.3 is 9.67 Å². The third kappa shape index (κ3) is 2.52. The first-order valence-corrected chi connectivity index (χ1v) is 7.54. The maximum absolute atomic E-state index is 13.8. The molecule has 0 radical (unpaired) electrons. The van der Waals surface area contributed by atoms with Gasteiger partial charge in [-0.05, 0) is 30.4 Å². The lowest BCUT2D eigenvalue weighted by Crippen LogP contribution is -2.05. The number of carbonyl (C=O) groups is 1. The van der Waals surface area contributed by atoms with E-state index in [1.807, 2.05) is 10.6 Å². The predicted molar refractivity (Wildman–Crippen MR) is 75.3 cm³/mol. The van der Waals surface area contributed by atoms with E-state index in [0.717, 1.165) is 30.2 Å². The van der Waals surface area contributed by atoms with Gasteiger partial charge in [-0.1, -0.05) is 24.8 Å². The largest absolute Gasteiger partial charge is 0.481 e. The summed E-state index contributed by atoms with van der Waals surface area (Å²) in [7, 11) is 0. The molecule has 106 valence electrons. The van der Waals surface area contributed by atoms with Gasteiger partial charge in [-0.25, -0.2) is 9.37 Å². The fourth-order valence-electron chi connectivity index (χ4n) is 2.39. The summed E-state index contributed by atoms with van der Waals surface area (Å²) in [5, 5.41) is 9.39. The van der Waals surface area contributed by atoms with Crippen LogP contribution in [0.1, 0.15) is 13.3 Å². The van der Waals surface area contributed by atoms with Crippen molar-refractivity contribution in [2.75, 3.05) is 5.75 Å². The van der Waals surface area contributed by atoms with Crippen molar-refractivity contribution < 1.29 is 14.3 Å². The molecule has 2 atom stereocenters. The molecule has 1 aliphatic carbocycles. The second-order valence-corrected chi connectivity index (χ2v) is 6.21. The number of carboxylic acid groups (broad SMARTS) is 1. The smallest absolute Gasteiger partial charge is 0.313 e. The highest BCUT2D eigenvalue weighted by Crippen LogP contribution is 2.40. The lowest BCUT2D eigenvalue weighted by molar-refractivity contribution is -0.133. The highest BCUT2D eigenvalue weighted by atomic mass is 32.2. The SMILES string of the molecule is CC1CC1Cn1c(SCC(=O)O)nc2c(F)cccc21. The minimum atomic E-state index is -0.895. The van der Waals surface area contributed by atoms with E-state index in [1.54, 1.807) is 6.07 Å². The fourth-order valence-corrected chi connectivity index (χ4v) is 3.13. The molecule has 0 spiro atoms. The molecule has 6 heteroatoms. The zero-order chi connectivity index (χ0) is 14.3. The van der Waals surface area contributed by atoms with Crippen LogP contribution in [0.2, 0.25) is 0 Å². The van der Waals surface area contributed by atoms with Gasteiger partial charge in [0.25, 0.3) is 0 Å². The molecule has 0 aliphatic heterocycles. The van der Waals surface area contributed by atoms with E-state index in [9.17, 15) is 9.18 Å². The van der Waals surface area contributed by atoms with Gasteiger partial charge >= 0.3 is 5.97 Å². The van der Waals surface area contributed by atoms with Gasteiger partial charge in [0.2, 0.25) is 0 Å². The highest BCUT2D eigenvalue weighted by molar-refractivity contribution is 7.99. The van der Waals surface area contributed by atoms with Crippen molar-refractivity contribution in [2.45, 2.75) is 25.0 Å². The van der Waals surface area contributed by atoms with Gasteiger partial charge in [-0.2, -0.15) is 0 Å². The number of para-hydroxylation sites is 1. The Bertz CT molecular complexity index is 670. The van der Waals surface area contributed by atoms with Crippen molar-refractivity contribution in [3.63, 3.8) is 0 Å². The van der Waals surface area contributed by atoms with Crippen molar-refractivity contribution >= 4 is 28.8 Å². The Balaban J connectivity index is 1.99. The number of rotatable bonds is 5. The number of nitrogens with zero attached hydrogens (tertiary/aromatic N) is 2. The van der Waals surface area contributed by atoms with Crippen LogP contribution in [-0.4, -0.2) is 26.4 Å². The number of imidazole rings is 1. The third-order valence-electron chi connectivity index (χ3n) is 3.71. The van der Waals surface area contributed by atoms with E-state index in [1.165, 1.54) is 6.07 Å². The molecule has 1 heterocycles. The normalized spacial score (nSPS) is 21.3. The Morgan fingerprint density at radius 1 is 1.60 bits per heavy atom. The molecule has 1 aliphatic rings. The average molecular weight is 294 g/mol. The number of fused-ring (bicyclic) bond motifs is 1. The molecule has 2 unspecified atom stereocenters. The summed E-state index contributed by atoms with van der Waals surface area (Å²) in [5.74, 6) is -0.0557. The Morgan fingerprint density at radius 2 is 2.35 bits per heavy atom. The highest BCUT2D eigenvalue weighted by Gasteiger charge is 2.33. The quantitative estimate of drug-likeness (QED) is 0.861. The minimum Gasteiger partial charge on any atom is -0.481 e. The zero-order valence-corrected chi connectivity index (χ0v) is 11.9. The Morgan fingerprint density at radius 3 is 3.00 bits per heavy atom. The minimum absolute atomic E-state index is 0.0643. The maximum atomic E-state index is 13.8. The van der Waals surface area contributed by atoms with Crippen LogP contribution in [0.15, 0.2) is 23.4 Å². The molecule has 1 aromatic heterocycles. The first-order chi connectivity index (χ1) is 9.56. The first-order valence-electron chi connectivity index (χ1n) is 6.55. The number of benzene rings is 1. The van der Waals surface area contributed by atoms with Crippen molar-refractivity contribution in [3.05, 3.63) is 24.0 Å². The Kier molecular flexibility index (Phi) is 3.41. The molecule has 2 aromatic rings. The standard InChI is InChI=1S/C14H15FN2O2S/c1-8-5-9(8)6-17-11-4-2-3-10(15)13(11)16-14(17)20-7-12(18)19/h2-4,8-9H,5-7H2,1H3,(H,18,19). The Hall–Kier alpha value is -1.56. The summed E-state index contributed by atoms with van der Waals surface area (Å²) in [6.45, 7) is 2.97. The van der Waals surface area contributed by atoms with Crippen molar-refractivity contribution in [1.29, 1.82) is 0 Å². The van der Waals surface area contributed by atoms with Crippen molar-refractivity contribution in [1.82, 2.24) is 9.55 Å². The number of hydrogen-bond acceptors (Lipinski definition) is 3. The van der Waals surface area contributed by atoms with Crippen molar-refractivity contribution in [3.8, 4) is 0 Å². The van der Waals surface area contributed by atoms with Crippen LogP contribution in [0.5, 0.6) is 0 Å². The van der Waals surface area contributed by atoms with Crippen LogP contribution >= 0.6 is 11.8 Å². The molecule has 0 amide bonds. The number of halogens is 1. The summed E-state index contributed by atoms with van der Waals surface area (Å²) in [6.07, 6.45) is 1.16. The summed E-state index contributed by atoms with van der Waals surface area (Å²) < 4.78 is 15.8.